The molecule has 6 nitrogen and oxygen atoms in total. The minimum Gasteiger partial charge on any atom is -0.418 e. The van der Waals surface area contributed by atoms with Crippen molar-refractivity contribution < 1.29 is 9.21 Å². The highest BCUT2D eigenvalue weighted by Crippen LogP contribution is 2.35. The van der Waals surface area contributed by atoms with Crippen LogP contribution in [0.15, 0.2) is 45.3 Å². The van der Waals surface area contributed by atoms with Crippen molar-refractivity contribution in [1.29, 1.82) is 0 Å². The second-order valence-corrected chi connectivity index (χ2v) is 7.38. The molecule has 4 heterocycles. The normalized spacial score (nSPS) is 17.2. The Bertz CT molecular complexity index is 878. The highest BCUT2D eigenvalue weighted by Gasteiger charge is 2.35. The third kappa shape index (κ3) is 3.07. The van der Waals surface area contributed by atoms with E-state index in [9.17, 15) is 4.79 Å². The van der Waals surface area contributed by atoms with E-state index in [2.05, 4.69) is 15.2 Å². The van der Waals surface area contributed by atoms with Gasteiger partial charge < -0.3 is 9.32 Å². The number of carbonyl (C=O) groups excluding carboxylic acids is 1. The molecule has 1 aliphatic rings. The number of amides is 1. The fraction of sp³-hybridized carbons (Fsp3) is 0.294. The van der Waals surface area contributed by atoms with Crippen molar-refractivity contribution in [3.8, 4) is 10.8 Å². The molecule has 0 bridgehead atoms. The predicted molar refractivity (Wildman–Crippen MR) is 96.6 cm³/mol. The van der Waals surface area contributed by atoms with Crippen LogP contribution < -0.4 is 0 Å². The third-order valence-corrected chi connectivity index (χ3v) is 5.74. The summed E-state index contributed by atoms with van der Waals surface area (Å²) in [6, 6.07) is 7.33. The van der Waals surface area contributed by atoms with E-state index in [1.807, 2.05) is 34.7 Å². The van der Waals surface area contributed by atoms with Crippen LogP contribution in [-0.4, -0.2) is 38.8 Å². The summed E-state index contributed by atoms with van der Waals surface area (Å²) in [7, 11) is 0. The number of rotatable bonds is 4. The number of nitrogens with zero attached hydrogens (tertiary/aromatic N) is 4. The number of thiophene rings is 1. The van der Waals surface area contributed by atoms with Crippen LogP contribution in [0.1, 0.15) is 35.1 Å². The number of likely N-dealkylation sites (tertiary alicyclic amines) is 1. The molecule has 1 fully saturated rings. The fourth-order valence-corrected chi connectivity index (χ4v) is 4.19. The molecule has 3 aromatic heterocycles. The van der Waals surface area contributed by atoms with Gasteiger partial charge in [-0.15, -0.1) is 33.3 Å². The van der Waals surface area contributed by atoms with Crippen LogP contribution in [0, 0.1) is 0 Å². The van der Waals surface area contributed by atoms with Crippen molar-refractivity contribution in [3.63, 3.8) is 0 Å². The molecular formula is C17H16N4O2S2. The van der Waals surface area contributed by atoms with Gasteiger partial charge in [0.05, 0.1) is 10.4 Å². The smallest absolute Gasteiger partial charge is 0.257 e. The van der Waals surface area contributed by atoms with Gasteiger partial charge in [-0.05, 0) is 42.7 Å². The molecule has 0 aliphatic carbocycles. The summed E-state index contributed by atoms with van der Waals surface area (Å²) < 4.78 is 5.86. The Morgan fingerprint density at radius 1 is 1.36 bits per heavy atom. The average Bonchev–Trinajstić information content (AvgIpc) is 3.41. The van der Waals surface area contributed by atoms with E-state index in [1.54, 1.807) is 23.6 Å². The minimum atomic E-state index is -0.177. The van der Waals surface area contributed by atoms with Crippen molar-refractivity contribution in [2.75, 3.05) is 12.8 Å². The molecule has 1 saturated heterocycles. The lowest BCUT2D eigenvalue weighted by molar-refractivity contribution is 0.0711. The SMILES string of the molecule is CSc1ncccc1C(=O)N1CCCC1c1nnc(-c2cccs2)o1. The minimum absolute atomic E-state index is 0.0316. The number of hydrogen-bond acceptors (Lipinski definition) is 7. The molecule has 0 spiro atoms. The number of carbonyl (C=O) groups is 1. The molecule has 4 rings (SSSR count). The zero-order valence-corrected chi connectivity index (χ0v) is 15.2. The quantitative estimate of drug-likeness (QED) is 0.647. The lowest BCUT2D eigenvalue weighted by Gasteiger charge is -2.22. The molecule has 1 atom stereocenters. The van der Waals surface area contributed by atoms with Crippen LogP contribution in [-0.2, 0) is 0 Å². The average molecular weight is 372 g/mol. The number of thioether (sulfide) groups is 1. The Labute approximate surface area is 153 Å². The van der Waals surface area contributed by atoms with Crippen LogP contribution in [0.25, 0.3) is 10.8 Å². The maximum atomic E-state index is 13.0. The van der Waals surface area contributed by atoms with Crippen LogP contribution in [0.4, 0.5) is 0 Å². The largest absolute Gasteiger partial charge is 0.418 e. The summed E-state index contributed by atoms with van der Waals surface area (Å²) in [5.74, 6) is 0.982. The van der Waals surface area contributed by atoms with Gasteiger partial charge >= 0.3 is 0 Å². The molecule has 0 saturated carbocycles. The van der Waals surface area contributed by atoms with Gasteiger partial charge in [0.25, 0.3) is 11.8 Å². The summed E-state index contributed by atoms with van der Waals surface area (Å²) in [6.45, 7) is 0.683. The Morgan fingerprint density at radius 3 is 3.08 bits per heavy atom. The zero-order chi connectivity index (χ0) is 17.2. The lowest BCUT2D eigenvalue weighted by atomic mass is 10.2. The second kappa shape index (κ2) is 6.97. The Balaban J connectivity index is 1.61. The number of aromatic nitrogens is 3. The van der Waals surface area contributed by atoms with Crippen LogP contribution >= 0.6 is 23.1 Å². The molecule has 1 unspecified atom stereocenters. The Kier molecular flexibility index (Phi) is 4.54. The zero-order valence-electron chi connectivity index (χ0n) is 13.6. The third-order valence-electron chi connectivity index (χ3n) is 4.17. The van der Waals surface area contributed by atoms with Gasteiger partial charge in [0.2, 0.25) is 5.89 Å². The molecular weight excluding hydrogens is 356 g/mol. The van der Waals surface area contributed by atoms with Gasteiger partial charge in [-0.25, -0.2) is 4.98 Å². The molecule has 0 radical (unpaired) electrons. The van der Waals surface area contributed by atoms with E-state index in [1.165, 1.54) is 11.8 Å². The van der Waals surface area contributed by atoms with Gasteiger partial charge in [0, 0.05) is 12.7 Å². The first-order chi connectivity index (χ1) is 12.3. The first kappa shape index (κ1) is 16.3. The summed E-state index contributed by atoms with van der Waals surface area (Å²) >= 11 is 3.03. The molecule has 3 aromatic rings. The highest BCUT2D eigenvalue weighted by molar-refractivity contribution is 7.98. The monoisotopic (exact) mass is 372 g/mol. The molecule has 1 amide bonds. The standard InChI is InChI=1S/C17H16N4O2S2/c1-24-16-11(5-2-8-18-16)17(22)21-9-3-6-12(21)14-19-20-15(23-14)13-7-4-10-25-13/h2,4-5,7-8,10,12H,3,6,9H2,1H3. The summed E-state index contributed by atoms with van der Waals surface area (Å²) in [4.78, 5) is 20.1. The van der Waals surface area contributed by atoms with Crippen molar-refractivity contribution in [2.45, 2.75) is 23.9 Å². The topological polar surface area (TPSA) is 72.1 Å². The maximum absolute atomic E-state index is 13.0. The Morgan fingerprint density at radius 2 is 2.28 bits per heavy atom. The molecule has 25 heavy (non-hydrogen) atoms. The van der Waals surface area contributed by atoms with Crippen molar-refractivity contribution in [3.05, 3.63) is 47.3 Å². The summed E-state index contributed by atoms with van der Waals surface area (Å²) in [5, 5.41) is 11.0. The van der Waals surface area contributed by atoms with Crippen LogP contribution in [0.3, 0.4) is 0 Å². The van der Waals surface area contributed by atoms with Crippen molar-refractivity contribution in [2.24, 2.45) is 0 Å². The van der Waals surface area contributed by atoms with Gasteiger partial charge in [-0.1, -0.05) is 6.07 Å². The van der Waals surface area contributed by atoms with E-state index in [-0.39, 0.29) is 11.9 Å². The maximum Gasteiger partial charge on any atom is 0.257 e. The lowest BCUT2D eigenvalue weighted by Crippen LogP contribution is -2.31. The van der Waals surface area contributed by atoms with E-state index < -0.39 is 0 Å². The van der Waals surface area contributed by atoms with Gasteiger partial charge in [-0.3, -0.25) is 4.79 Å². The Hall–Kier alpha value is -2.19. The van der Waals surface area contributed by atoms with E-state index in [4.69, 9.17) is 4.42 Å². The highest BCUT2D eigenvalue weighted by atomic mass is 32.2. The predicted octanol–water partition coefficient (Wildman–Crippen LogP) is 3.89. The van der Waals surface area contributed by atoms with E-state index >= 15 is 0 Å². The first-order valence-electron chi connectivity index (χ1n) is 7.95. The molecule has 0 N–H and O–H groups in total. The van der Waals surface area contributed by atoms with Crippen LogP contribution in [0.2, 0.25) is 0 Å². The van der Waals surface area contributed by atoms with Gasteiger partial charge in [0.1, 0.15) is 11.1 Å². The number of pyridine rings is 1. The van der Waals surface area contributed by atoms with Gasteiger partial charge in [-0.2, -0.15) is 0 Å². The summed E-state index contributed by atoms with van der Waals surface area (Å²) in [5.41, 5.74) is 0.625. The first-order valence-corrected chi connectivity index (χ1v) is 10.1. The molecule has 0 aromatic carbocycles. The second-order valence-electron chi connectivity index (χ2n) is 5.64. The molecule has 1 aliphatic heterocycles. The van der Waals surface area contributed by atoms with Crippen LogP contribution in [0.5, 0.6) is 0 Å². The fourth-order valence-electron chi connectivity index (χ4n) is 3.01. The molecule has 128 valence electrons. The summed E-state index contributed by atoms with van der Waals surface area (Å²) in [6.07, 6.45) is 5.37. The van der Waals surface area contributed by atoms with E-state index in [0.717, 1.165) is 22.7 Å². The van der Waals surface area contributed by atoms with Crippen molar-refractivity contribution in [1.82, 2.24) is 20.1 Å². The van der Waals surface area contributed by atoms with E-state index in [0.29, 0.717) is 23.9 Å². The van der Waals surface area contributed by atoms with Gasteiger partial charge in [0.15, 0.2) is 0 Å². The number of hydrogen-bond donors (Lipinski definition) is 0. The van der Waals surface area contributed by atoms with Crippen molar-refractivity contribution >= 4 is 29.0 Å². The molecule has 8 heteroatoms.